The molecule has 3 aromatic rings. The molecule has 1 N–H and O–H groups in total. The van der Waals surface area contributed by atoms with Crippen LogP contribution in [-0.2, 0) is 19.7 Å². The molecule has 0 aliphatic carbocycles. The minimum Gasteiger partial charge on any atom is -0.493 e. The summed E-state index contributed by atoms with van der Waals surface area (Å²) in [5.41, 5.74) is 4.55. The number of rotatable bonds is 8. The first-order chi connectivity index (χ1) is 14.2. The predicted octanol–water partition coefficient (Wildman–Crippen LogP) is 4.60. The van der Waals surface area contributed by atoms with Crippen LogP contribution in [0.25, 0.3) is 0 Å². The highest BCUT2D eigenvalue weighted by Crippen LogP contribution is 2.33. The zero-order valence-electron chi connectivity index (χ0n) is 16.7. The SMILES string of the molecule is COc1cccc(CNCc2ccc3c(c2)OCO3)c1OCc1ccc(C)cc1. The number of aryl methyl sites for hydroxylation is 1. The van der Waals surface area contributed by atoms with E-state index in [9.17, 15) is 0 Å². The first kappa shape index (κ1) is 19.2. The summed E-state index contributed by atoms with van der Waals surface area (Å²) in [5.74, 6) is 3.11. The number of hydrogen-bond donors (Lipinski definition) is 1. The van der Waals surface area contributed by atoms with Crippen molar-refractivity contribution in [3.05, 3.63) is 82.9 Å². The molecule has 0 saturated carbocycles. The van der Waals surface area contributed by atoms with Crippen LogP contribution >= 0.6 is 0 Å². The normalized spacial score (nSPS) is 12.1. The van der Waals surface area contributed by atoms with Crippen LogP contribution in [0.5, 0.6) is 23.0 Å². The minimum absolute atomic E-state index is 0.289. The molecule has 1 aliphatic heterocycles. The number of nitrogens with one attached hydrogen (secondary N) is 1. The van der Waals surface area contributed by atoms with Gasteiger partial charge in [0.2, 0.25) is 6.79 Å². The van der Waals surface area contributed by atoms with Gasteiger partial charge in [0.1, 0.15) is 6.61 Å². The number of methoxy groups -OCH3 is 1. The Bertz CT molecular complexity index is 969. The van der Waals surface area contributed by atoms with Gasteiger partial charge in [0, 0.05) is 18.7 Å². The average Bonchev–Trinajstić information content (AvgIpc) is 3.21. The molecule has 150 valence electrons. The van der Waals surface area contributed by atoms with Crippen LogP contribution in [-0.4, -0.2) is 13.9 Å². The second-order valence-electron chi connectivity index (χ2n) is 7.01. The molecule has 0 radical (unpaired) electrons. The molecule has 1 aliphatic rings. The maximum absolute atomic E-state index is 6.15. The summed E-state index contributed by atoms with van der Waals surface area (Å²) < 4.78 is 22.5. The lowest BCUT2D eigenvalue weighted by Gasteiger charge is -2.16. The standard InChI is InChI=1S/C24H25NO4/c1-17-6-8-18(9-7-17)15-27-24-20(4-3-5-22(24)26-2)14-25-13-19-10-11-21-23(12-19)29-16-28-21/h3-12,25H,13-16H2,1-2H3. The topological polar surface area (TPSA) is 49.0 Å². The highest BCUT2D eigenvalue weighted by Gasteiger charge is 2.14. The largest absolute Gasteiger partial charge is 0.493 e. The van der Waals surface area contributed by atoms with Gasteiger partial charge in [-0.2, -0.15) is 0 Å². The zero-order chi connectivity index (χ0) is 20.1. The maximum atomic E-state index is 6.15. The van der Waals surface area contributed by atoms with E-state index in [2.05, 4.69) is 42.6 Å². The van der Waals surface area contributed by atoms with Crippen LogP contribution in [0.15, 0.2) is 60.7 Å². The number of ether oxygens (including phenoxy) is 4. The van der Waals surface area contributed by atoms with E-state index in [1.54, 1.807) is 7.11 Å². The van der Waals surface area contributed by atoms with E-state index in [1.165, 1.54) is 5.56 Å². The van der Waals surface area contributed by atoms with Crippen molar-refractivity contribution in [3.63, 3.8) is 0 Å². The van der Waals surface area contributed by atoms with E-state index in [1.807, 2.05) is 30.3 Å². The Balaban J connectivity index is 1.41. The fourth-order valence-corrected chi connectivity index (χ4v) is 3.26. The van der Waals surface area contributed by atoms with Crippen LogP contribution < -0.4 is 24.3 Å². The lowest BCUT2D eigenvalue weighted by Crippen LogP contribution is -2.14. The van der Waals surface area contributed by atoms with Crippen LogP contribution in [0.2, 0.25) is 0 Å². The molecule has 5 heteroatoms. The summed E-state index contributed by atoms with van der Waals surface area (Å²) >= 11 is 0. The molecule has 29 heavy (non-hydrogen) atoms. The van der Waals surface area contributed by atoms with E-state index in [4.69, 9.17) is 18.9 Å². The molecule has 1 heterocycles. The third-order valence-electron chi connectivity index (χ3n) is 4.87. The van der Waals surface area contributed by atoms with Crippen molar-refractivity contribution in [3.8, 4) is 23.0 Å². The lowest BCUT2D eigenvalue weighted by atomic mass is 10.1. The van der Waals surface area contributed by atoms with Crippen molar-refractivity contribution in [2.24, 2.45) is 0 Å². The second-order valence-corrected chi connectivity index (χ2v) is 7.01. The molecule has 0 spiro atoms. The fourth-order valence-electron chi connectivity index (χ4n) is 3.26. The van der Waals surface area contributed by atoms with E-state index >= 15 is 0 Å². The second kappa shape index (κ2) is 8.88. The van der Waals surface area contributed by atoms with Gasteiger partial charge in [-0.3, -0.25) is 0 Å². The van der Waals surface area contributed by atoms with Crippen molar-refractivity contribution in [1.29, 1.82) is 0 Å². The van der Waals surface area contributed by atoms with Gasteiger partial charge in [0.05, 0.1) is 7.11 Å². The molecule has 0 fully saturated rings. The van der Waals surface area contributed by atoms with Crippen LogP contribution in [0, 0.1) is 6.92 Å². The van der Waals surface area contributed by atoms with Crippen molar-refractivity contribution in [2.75, 3.05) is 13.9 Å². The van der Waals surface area contributed by atoms with Gasteiger partial charge in [-0.25, -0.2) is 0 Å². The third kappa shape index (κ3) is 4.63. The summed E-state index contributed by atoms with van der Waals surface area (Å²) in [6.45, 7) is 4.24. The number of para-hydroxylation sites is 1. The zero-order valence-corrected chi connectivity index (χ0v) is 16.7. The monoisotopic (exact) mass is 391 g/mol. The van der Waals surface area contributed by atoms with Crippen LogP contribution in [0.3, 0.4) is 0 Å². The molecule has 3 aromatic carbocycles. The molecule has 4 rings (SSSR count). The molecule has 0 atom stereocenters. The van der Waals surface area contributed by atoms with Crippen molar-refractivity contribution >= 4 is 0 Å². The summed E-state index contributed by atoms with van der Waals surface area (Å²) in [5, 5.41) is 3.47. The molecule has 0 aromatic heterocycles. The first-order valence-corrected chi connectivity index (χ1v) is 9.66. The Hall–Kier alpha value is -3.18. The molecule has 0 amide bonds. The van der Waals surface area contributed by atoms with Gasteiger partial charge in [-0.15, -0.1) is 0 Å². The maximum Gasteiger partial charge on any atom is 0.231 e. The Morgan fingerprint density at radius 3 is 2.52 bits per heavy atom. The highest BCUT2D eigenvalue weighted by molar-refractivity contribution is 5.47. The minimum atomic E-state index is 0.289. The Labute approximate surface area is 171 Å². The number of hydrogen-bond acceptors (Lipinski definition) is 5. The van der Waals surface area contributed by atoms with Gasteiger partial charge < -0.3 is 24.3 Å². The molecule has 0 unspecified atom stereocenters. The number of fused-ring (bicyclic) bond motifs is 1. The van der Waals surface area contributed by atoms with Crippen molar-refractivity contribution in [2.45, 2.75) is 26.6 Å². The predicted molar refractivity (Wildman–Crippen MR) is 112 cm³/mol. The van der Waals surface area contributed by atoms with Gasteiger partial charge >= 0.3 is 0 Å². The van der Waals surface area contributed by atoms with Gasteiger partial charge in [-0.1, -0.05) is 48.0 Å². The summed E-state index contributed by atoms with van der Waals surface area (Å²) in [6, 6.07) is 20.3. The summed E-state index contributed by atoms with van der Waals surface area (Å²) in [4.78, 5) is 0. The van der Waals surface area contributed by atoms with E-state index in [0.29, 0.717) is 19.7 Å². The molecule has 0 bridgehead atoms. The Morgan fingerprint density at radius 1 is 0.897 bits per heavy atom. The molecule has 0 saturated heterocycles. The van der Waals surface area contributed by atoms with Crippen molar-refractivity contribution in [1.82, 2.24) is 5.32 Å². The third-order valence-corrected chi connectivity index (χ3v) is 4.87. The van der Waals surface area contributed by atoms with Gasteiger partial charge in [0.15, 0.2) is 23.0 Å². The molecular weight excluding hydrogens is 366 g/mol. The molecular formula is C24H25NO4. The smallest absolute Gasteiger partial charge is 0.231 e. The quantitative estimate of drug-likeness (QED) is 0.608. The summed E-state index contributed by atoms with van der Waals surface area (Å²) in [6.07, 6.45) is 0. The number of benzene rings is 3. The Kier molecular flexibility index (Phi) is 5.86. The van der Waals surface area contributed by atoms with Gasteiger partial charge in [0.25, 0.3) is 0 Å². The van der Waals surface area contributed by atoms with E-state index in [0.717, 1.165) is 39.7 Å². The van der Waals surface area contributed by atoms with Crippen LogP contribution in [0.4, 0.5) is 0 Å². The average molecular weight is 391 g/mol. The van der Waals surface area contributed by atoms with E-state index < -0.39 is 0 Å². The first-order valence-electron chi connectivity index (χ1n) is 9.66. The lowest BCUT2D eigenvalue weighted by molar-refractivity contribution is 0.174. The molecule has 5 nitrogen and oxygen atoms in total. The van der Waals surface area contributed by atoms with Gasteiger partial charge in [-0.05, 0) is 36.2 Å². The van der Waals surface area contributed by atoms with Crippen molar-refractivity contribution < 1.29 is 18.9 Å². The van der Waals surface area contributed by atoms with E-state index in [-0.39, 0.29) is 6.79 Å². The highest BCUT2D eigenvalue weighted by atomic mass is 16.7. The summed E-state index contributed by atoms with van der Waals surface area (Å²) in [7, 11) is 1.66. The van der Waals surface area contributed by atoms with Crippen LogP contribution in [0.1, 0.15) is 22.3 Å². The Morgan fingerprint density at radius 2 is 1.69 bits per heavy atom. The fraction of sp³-hybridized carbons (Fsp3) is 0.250.